The zero-order valence-corrected chi connectivity index (χ0v) is 65.9. The third-order valence-corrected chi connectivity index (χ3v) is 18.6. The number of aromatic nitrogens is 8. The Balaban J connectivity index is 1.57. The maximum absolute atomic E-state index is 14.7. The molecule has 0 fully saturated rings. The molecule has 0 aliphatic heterocycles. The molecule has 15 amide bonds. The van der Waals surface area contributed by atoms with Crippen molar-refractivity contribution in [2.75, 3.05) is 38.3 Å². The Morgan fingerprint density at radius 1 is 0.405 bits per heavy atom. The number of H-pyrrole nitrogens is 4. The smallest absolute Gasteiger partial charge is 0.245 e. The van der Waals surface area contributed by atoms with E-state index in [9.17, 15) is 87.2 Å². The van der Waals surface area contributed by atoms with Crippen LogP contribution in [0.15, 0.2) is 55.1 Å². The fraction of sp³-hybridized carbons (Fsp3) is 0.600. The van der Waals surface area contributed by atoms with Crippen LogP contribution in [0.5, 0.6) is 0 Å². The molecule has 46 heteroatoms. The molecule has 0 spiro atoms. The maximum atomic E-state index is 14.7. The standard InChI is InChI=1S/C70H113N27O18S/c1-4-5-6-7-8-9-15-56(103)86-48(24-39-28-77-34-82-39)63(109)91-47(20-23-116-3)61(107)89-46(17-19-55(73)102)60(106)95-53(33-99)68(114)93-49(25-40-29-78-35-83-40)64(110)88-44(13-10-11-21-71)62(108)97-57(38(2)100)69(115)94-51(27-42-31-80-37-85-42)65(111)92-50(26-41-30-79-36-84-41)66(112)96-52(32-98)67(113)90-45(16-18-54(72)101)59(105)87-43(58(74)104)14-12-22-81-70(75)76/h28-31,34-38,43-53,57,98-100H,4-27,32-33,71H2,1-3H3,(H2,72,101)(H2,73,102)(H2,74,104)(H,77,82)(H,78,83)(H,79,84)(H,80,85)(H,86,103)(H,87,105)(H,88,110)(H,89,107)(H,90,113)(H,91,109)(H,92,111)(H,93,114)(H,94,115)(H,95,106)(H,96,112)(H,97,108)(H4,75,76,81)/t38-,43+,44+,45+,46+,47+,48+,49+,50+,51+,52+,53+,57?/m1/s1. The minimum atomic E-state index is -1.94. The Morgan fingerprint density at radius 2 is 0.741 bits per heavy atom. The number of aromatic amines is 4. The van der Waals surface area contributed by atoms with Gasteiger partial charge in [-0.15, -0.1) is 0 Å². The SMILES string of the molecule is CCCCCCCCC(=O)N[C@@H](Cc1cnc[nH]1)C(=O)N[C@@H](CCSC)C(=O)N[C@@H](CCC(N)=O)C(=O)N[C@@H](CO)C(=O)N[C@@H](Cc1cnc[nH]1)C(=O)N[C@@H](CCCCN)C(=O)NC(C(=O)N[C@@H](Cc1cnc[nH]1)C(=O)N[C@@H](Cc1cnc[nH]1)C(=O)N[C@@H](CO)C(=O)N[C@@H](CCC(N)=O)C(=O)N[C@@H](CCCN=C(N)N)C(N)=O)[C@@H](C)O. The van der Waals surface area contributed by atoms with Gasteiger partial charge in [0.2, 0.25) is 88.6 Å². The van der Waals surface area contributed by atoms with E-state index in [1.54, 1.807) is 6.26 Å². The molecule has 4 heterocycles. The summed E-state index contributed by atoms with van der Waals surface area (Å²) in [4.78, 5) is 238. The van der Waals surface area contributed by atoms with Gasteiger partial charge in [0.25, 0.3) is 0 Å². The summed E-state index contributed by atoms with van der Waals surface area (Å²) in [5, 5.41) is 62.2. The van der Waals surface area contributed by atoms with E-state index in [1.807, 2.05) is 0 Å². The van der Waals surface area contributed by atoms with E-state index in [1.165, 1.54) is 61.9 Å². The minimum Gasteiger partial charge on any atom is -0.394 e. The number of aliphatic hydroxyl groups excluding tert-OH is 3. The molecule has 13 atom stereocenters. The van der Waals surface area contributed by atoms with E-state index >= 15 is 0 Å². The number of aliphatic hydroxyl groups is 3. The third kappa shape index (κ3) is 36.2. The van der Waals surface area contributed by atoms with E-state index < -0.39 is 219 Å². The van der Waals surface area contributed by atoms with Crippen molar-refractivity contribution < 1.29 is 87.2 Å². The molecule has 4 aromatic heterocycles. The molecule has 0 aromatic carbocycles. The van der Waals surface area contributed by atoms with E-state index in [4.69, 9.17) is 34.4 Å². The first-order valence-corrected chi connectivity index (χ1v) is 39.3. The van der Waals surface area contributed by atoms with Crippen molar-refractivity contribution in [1.82, 2.24) is 104 Å². The summed E-state index contributed by atoms with van der Waals surface area (Å²) in [5.74, 6) is -14.9. The van der Waals surface area contributed by atoms with Gasteiger partial charge in [0, 0.05) is 99.1 Å². The number of hydrogen-bond acceptors (Lipinski definition) is 25. The highest BCUT2D eigenvalue weighted by molar-refractivity contribution is 7.98. The lowest BCUT2D eigenvalue weighted by Gasteiger charge is -2.29. The predicted molar refractivity (Wildman–Crippen MR) is 418 cm³/mol. The van der Waals surface area contributed by atoms with Crippen molar-refractivity contribution in [1.29, 1.82) is 0 Å². The molecule has 116 heavy (non-hydrogen) atoms. The third-order valence-electron chi connectivity index (χ3n) is 18.0. The first-order valence-electron chi connectivity index (χ1n) is 37.9. The lowest BCUT2D eigenvalue weighted by Crippen LogP contribution is -2.63. The number of nitrogens with zero attached hydrogens (tertiary/aromatic N) is 5. The van der Waals surface area contributed by atoms with Crippen LogP contribution in [0.4, 0.5) is 0 Å². The van der Waals surface area contributed by atoms with Crippen LogP contribution in [0.1, 0.15) is 146 Å². The summed E-state index contributed by atoms with van der Waals surface area (Å²) < 4.78 is 0. The average molecular weight is 1650 g/mol. The van der Waals surface area contributed by atoms with Gasteiger partial charge in [-0.25, -0.2) is 19.9 Å². The highest BCUT2D eigenvalue weighted by Gasteiger charge is 2.39. The number of rotatable bonds is 59. The van der Waals surface area contributed by atoms with E-state index in [-0.39, 0.29) is 93.9 Å². The van der Waals surface area contributed by atoms with Gasteiger partial charge in [-0.2, -0.15) is 11.8 Å². The van der Waals surface area contributed by atoms with Gasteiger partial charge in [-0.1, -0.05) is 39.0 Å². The molecular weight excluding hydrogens is 1540 g/mol. The van der Waals surface area contributed by atoms with Crippen LogP contribution in [-0.2, 0) is 97.6 Å². The predicted octanol–water partition coefficient (Wildman–Crippen LogP) is -8.26. The van der Waals surface area contributed by atoms with Crippen molar-refractivity contribution in [3.05, 3.63) is 72.9 Å². The summed E-state index contributed by atoms with van der Waals surface area (Å²) in [7, 11) is 0. The second kappa shape index (κ2) is 52.7. The van der Waals surface area contributed by atoms with Gasteiger partial charge in [-0.05, 0) is 83.3 Å². The molecule has 4 rings (SSSR count). The topological polar surface area (TPSA) is 744 Å². The summed E-state index contributed by atoms with van der Waals surface area (Å²) in [6.45, 7) is 1.11. The first kappa shape index (κ1) is 96.7. The van der Waals surface area contributed by atoms with Crippen LogP contribution in [-0.4, -0.2) is 267 Å². The van der Waals surface area contributed by atoms with Crippen LogP contribution < -0.4 is 98.2 Å². The quantitative estimate of drug-likeness (QED) is 0.0111. The van der Waals surface area contributed by atoms with Gasteiger partial charge >= 0.3 is 0 Å². The van der Waals surface area contributed by atoms with Crippen molar-refractivity contribution >= 4 is 106 Å². The van der Waals surface area contributed by atoms with Crippen molar-refractivity contribution in [2.24, 2.45) is 39.4 Å². The van der Waals surface area contributed by atoms with Gasteiger partial charge in [0.05, 0.1) is 44.6 Å². The van der Waals surface area contributed by atoms with Crippen LogP contribution in [0.2, 0.25) is 0 Å². The van der Waals surface area contributed by atoms with Crippen molar-refractivity contribution in [3.63, 3.8) is 0 Å². The normalized spacial score (nSPS) is 14.5. The minimum absolute atomic E-state index is 0.00662. The number of hydrogen-bond donors (Lipinski definition) is 25. The summed E-state index contributed by atoms with van der Waals surface area (Å²) in [6, 6.07) is -19.5. The number of nitrogens with one attached hydrogen (secondary N) is 16. The number of nitrogens with two attached hydrogens (primary N) is 6. The first-order chi connectivity index (χ1) is 55.4. The zero-order valence-electron chi connectivity index (χ0n) is 65.1. The number of carbonyl (C=O) groups excluding carboxylic acids is 15. The number of amides is 15. The monoisotopic (exact) mass is 1650 g/mol. The lowest BCUT2D eigenvalue weighted by molar-refractivity contribution is -0.137. The Bertz CT molecular complexity index is 3790. The van der Waals surface area contributed by atoms with Crippen molar-refractivity contribution in [2.45, 2.75) is 227 Å². The molecular formula is C70H113N27O18S. The summed E-state index contributed by atoms with van der Waals surface area (Å²) in [6.07, 6.45) is 13.4. The largest absolute Gasteiger partial charge is 0.394 e. The fourth-order valence-electron chi connectivity index (χ4n) is 11.6. The number of unbranched alkanes of at least 4 members (excludes halogenated alkanes) is 6. The van der Waals surface area contributed by atoms with Gasteiger partial charge in [-0.3, -0.25) is 76.9 Å². The molecule has 0 radical (unpaired) electrons. The number of carbonyl (C=O) groups is 15. The average Bonchev–Trinajstić information content (AvgIpc) is 0.949. The molecule has 0 saturated heterocycles. The van der Waals surface area contributed by atoms with Gasteiger partial charge in [0.1, 0.15) is 72.5 Å². The number of primary amides is 3. The Labute approximate surface area is 672 Å². The maximum Gasteiger partial charge on any atom is 0.245 e. The number of thioether (sulfide) groups is 1. The number of aliphatic imine (C=N–C) groups is 1. The van der Waals surface area contributed by atoms with E-state index in [0.717, 1.165) is 39.0 Å². The molecule has 4 aromatic rings. The van der Waals surface area contributed by atoms with Gasteiger partial charge < -0.3 is 133 Å². The van der Waals surface area contributed by atoms with Crippen LogP contribution in [0, 0.1) is 0 Å². The molecule has 0 saturated carbocycles. The van der Waals surface area contributed by atoms with E-state index in [0.29, 0.717) is 17.9 Å². The molecule has 1 unspecified atom stereocenters. The Kier molecular flexibility index (Phi) is 43.9. The van der Waals surface area contributed by atoms with Crippen molar-refractivity contribution in [3.8, 4) is 0 Å². The molecule has 45 nitrogen and oxygen atoms in total. The highest BCUT2D eigenvalue weighted by Crippen LogP contribution is 2.14. The molecule has 31 N–H and O–H groups in total. The Morgan fingerprint density at radius 3 is 1.10 bits per heavy atom. The fourth-order valence-corrected chi connectivity index (χ4v) is 12.0. The van der Waals surface area contributed by atoms with Gasteiger partial charge in [0.15, 0.2) is 5.96 Å². The lowest BCUT2D eigenvalue weighted by atomic mass is 10.0. The van der Waals surface area contributed by atoms with E-state index in [2.05, 4.69) is 116 Å². The summed E-state index contributed by atoms with van der Waals surface area (Å²) in [5.41, 5.74) is 34.1. The second-order valence-corrected chi connectivity index (χ2v) is 28.4. The van der Waals surface area contributed by atoms with Crippen LogP contribution in [0.3, 0.4) is 0 Å². The molecule has 642 valence electrons. The Hall–Kier alpha value is -11.6. The van der Waals surface area contributed by atoms with Crippen LogP contribution >= 0.6 is 11.8 Å². The van der Waals surface area contributed by atoms with Crippen LogP contribution in [0.25, 0.3) is 0 Å². The zero-order chi connectivity index (χ0) is 85.7. The number of imidazole rings is 4. The summed E-state index contributed by atoms with van der Waals surface area (Å²) >= 11 is 1.33. The number of guanidine groups is 1. The second-order valence-electron chi connectivity index (χ2n) is 27.4. The highest BCUT2D eigenvalue weighted by atomic mass is 32.2. The molecule has 0 aliphatic carbocycles. The molecule has 0 bridgehead atoms. The molecule has 0 aliphatic rings.